The monoisotopic (exact) mass is 426 g/mol. The molecule has 0 bridgehead atoms. The number of nitrogens with zero attached hydrogens (tertiary/aromatic N) is 2. The van der Waals surface area contributed by atoms with E-state index in [1.807, 2.05) is 56.3 Å². The van der Waals surface area contributed by atoms with E-state index in [4.69, 9.17) is 0 Å². The van der Waals surface area contributed by atoms with E-state index >= 15 is 0 Å². The number of rotatable bonds is 5. The number of hydrogen-bond acceptors (Lipinski definition) is 3. The van der Waals surface area contributed by atoms with Crippen molar-refractivity contribution in [2.24, 2.45) is 5.16 Å². The third-order valence-electron chi connectivity index (χ3n) is 4.64. The Labute approximate surface area is 166 Å². The zero-order chi connectivity index (χ0) is 19.4. The summed E-state index contributed by atoms with van der Waals surface area (Å²) in [7, 11) is 0. The lowest BCUT2D eigenvalue weighted by atomic mass is 9.83. The van der Waals surface area contributed by atoms with Gasteiger partial charge >= 0.3 is 0 Å². The molecule has 1 unspecified atom stereocenters. The highest BCUT2D eigenvalue weighted by Gasteiger charge is 2.22. The Bertz CT molecular complexity index is 970. The van der Waals surface area contributed by atoms with Gasteiger partial charge in [0.2, 0.25) is 5.95 Å². The molecule has 0 fully saturated rings. The summed E-state index contributed by atoms with van der Waals surface area (Å²) in [5.74, 6) is -0.710. The predicted octanol–water partition coefficient (Wildman–Crippen LogP) is 6.00. The first kappa shape index (κ1) is 19.2. The minimum absolute atomic E-state index is 0.0786. The Hall–Kier alpha value is -2.53. The standard InChI is InChI=1S/C22H20BrFN2O/c1-14-11-20(22(24)25-13-14)21(26-27)12-19(16-7-9-17(23)10-8-16)18-6-4-3-5-15(18)2/h3-11,13,19,27H,12H2,1-2H3/b26-21-. The van der Waals surface area contributed by atoms with Crippen molar-refractivity contribution in [2.45, 2.75) is 26.2 Å². The minimum Gasteiger partial charge on any atom is -0.411 e. The van der Waals surface area contributed by atoms with E-state index < -0.39 is 5.95 Å². The molecule has 0 saturated heterocycles. The van der Waals surface area contributed by atoms with Crippen LogP contribution in [0.5, 0.6) is 0 Å². The second kappa shape index (κ2) is 8.44. The van der Waals surface area contributed by atoms with E-state index in [0.717, 1.165) is 26.7 Å². The van der Waals surface area contributed by atoms with Gasteiger partial charge < -0.3 is 5.21 Å². The van der Waals surface area contributed by atoms with Crippen molar-refractivity contribution in [3.63, 3.8) is 0 Å². The van der Waals surface area contributed by atoms with Gasteiger partial charge in [0.15, 0.2) is 0 Å². The maximum atomic E-state index is 14.3. The molecule has 0 amide bonds. The van der Waals surface area contributed by atoms with Crippen LogP contribution in [0.1, 0.15) is 40.2 Å². The zero-order valence-electron chi connectivity index (χ0n) is 15.2. The van der Waals surface area contributed by atoms with Crippen molar-refractivity contribution >= 4 is 21.6 Å². The number of aryl methyl sites for hydroxylation is 2. The average Bonchev–Trinajstić information content (AvgIpc) is 2.67. The second-order valence-corrected chi connectivity index (χ2v) is 7.48. The fraction of sp³-hybridized carbons (Fsp3) is 0.182. The van der Waals surface area contributed by atoms with Gasteiger partial charge in [0.25, 0.3) is 0 Å². The van der Waals surface area contributed by atoms with Crippen LogP contribution < -0.4 is 0 Å². The lowest BCUT2D eigenvalue weighted by Crippen LogP contribution is -2.13. The highest BCUT2D eigenvalue weighted by atomic mass is 79.9. The zero-order valence-corrected chi connectivity index (χ0v) is 16.7. The summed E-state index contributed by atoms with van der Waals surface area (Å²) in [6.07, 6.45) is 1.81. The smallest absolute Gasteiger partial charge is 0.222 e. The Kier molecular flexibility index (Phi) is 6.01. The maximum Gasteiger partial charge on any atom is 0.222 e. The molecule has 0 spiro atoms. The van der Waals surface area contributed by atoms with Crippen LogP contribution in [0.15, 0.2) is 70.4 Å². The number of benzene rings is 2. The normalized spacial score (nSPS) is 12.8. The van der Waals surface area contributed by atoms with Gasteiger partial charge in [-0.05, 0) is 54.3 Å². The molecule has 0 radical (unpaired) electrons. The van der Waals surface area contributed by atoms with Crippen LogP contribution in [0.4, 0.5) is 4.39 Å². The van der Waals surface area contributed by atoms with Gasteiger partial charge in [-0.3, -0.25) is 0 Å². The molecule has 3 nitrogen and oxygen atoms in total. The minimum atomic E-state index is -0.632. The van der Waals surface area contributed by atoms with Crippen LogP contribution in [0.25, 0.3) is 0 Å². The molecule has 138 valence electrons. The summed E-state index contributed by atoms with van der Waals surface area (Å²) < 4.78 is 15.3. The summed E-state index contributed by atoms with van der Waals surface area (Å²) in [5, 5.41) is 13.1. The van der Waals surface area contributed by atoms with E-state index in [2.05, 4.69) is 32.1 Å². The van der Waals surface area contributed by atoms with Crippen LogP contribution in [-0.4, -0.2) is 15.9 Å². The molecule has 0 aliphatic rings. The molecular formula is C22H20BrFN2O. The molecule has 0 saturated carbocycles. The third kappa shape index (κ3) is 4.42. The van der Waals surface area contributed by atoms with Crippen molar-refractivity contribution in [3.05, 3.63) is 99.0 Å². The van der Waals surface area contributed by atoms with Gasteiger partial charge in [-0.15, -0.1) is 0 Å². The van der Waals surface area contributed by atoms with Gasteiger partial charge in [-0.1, -0.05) is 57.5 Å². The van der Waals surface area contributed by atoms with Crippen molar-refractivity contribution in [3.8, 4) is 0 Å². The number of oxime groups is 1. The lowest BCUT2D eigenvalue weighted by molar-refractivity contribution is 0.317. The molecule has 1 atom stereocenters. The molecule has 2 aromatic carbocycles. The quantitative estimate of drug-likeness (QED) is 0.235. The first-order valence-corrected chi connectivity index (χ1v) is 9.43. The molecule has 27 heavy (non-hydrogen) atoms. The van der Waals surface area contributed by atoms with E-state index in [-0.39, 0.29) is 17.2 Å². The molecular weight excluding hydrogens is 407 g/mol. The summed E-state index contributed by atoms with van der Waals surface area (Å²) in [4.78, 5) is 3.76. The van der Waals surface area contributed by atoms with Crippen LogP contribution in [0, 0.1) is 19.8 Å². The van der Waals surface area contributed by atoms with Crippen LogP contribution in [0.3, 0.4) is 0 Å². The summed E-state index contributed by atoms with van der Waals surface area (Å²) in [6.45, 7) is 3.88. The van der Waals surface area contributed by atoms with Crippen LogP contribution in [-0.2, 0) is 0 Å². The number of halogens is 2. The highest BCUT2D eigenvalue weighted by molar-refractivity contribution is 9.10. The van der Waals surface area contributed by atoms with Crippen LogP contribution in [0.2, 0.25) is 0 Å². The molecule has 1 heterocycles. The maximum absolute atomic E-state index is 14.3. The molecule has 1 N–H and O–H groups in total. The molecule has 3 rings (SSSR count). The first-order valence-electron chi connectivity index (χ1n) is 8.64. The van der Waals surface area contributed by atoms with Crippen LogP contribution >= 0.6 is 15.9 Å². The van der Waals surface area contributed by atoms with Gasteiger partial charge in [0.05, 0.1) is 11.3 Å². The summed E-state index contributed by atoms with van der Waals surface area (Å²) >= 11 is 3.46. The van der Waals surface area contributed by atoms with Gasteiger partial charge in [-0.25, -0.2) is 4.98 Å². The molecule has 5 heteroatoms. The number of aromatic nitrogens is 1. The average molecular weight is 427 g/mol. The van der Waals surface area contributed by atoms with Crippen molar-refractivity contribution in [1.29, 1.82) is 0 Å². The summed E-state index contributed by atoms with van der Waals surface area (Å²) in [5.41, 5.74) is 4.62. The number of pyridine rings is 1. The molecule has 1 aromatic heterocycles. The fourth-order valence-electron chi connectivity index (χ4n) is 3.23. The second-order valence-electron chi connectivity index (χ2n) is 6.56. The molecule has 3 aromatic rings. The largest absolute Gasteiger partial charge is 0.411 e. The Morgan fingerprint density at radius 3 is 2.52 bits per heavy atom. The Morgan fingerprint density at radius 2 is 1.85 bits per heavy atom. The fourth-order valence-corrected chi connectivity index (χ4v) is 3.50. The topological polar surface area (TPSA) is 45.5 Å². The van der Waals surface area contributed by atoms with Crippen molar-refractivity contribution < 1.29 is 9.60 Å². The van der Waals surface area contributed by atoms with Crippen molar-refractivity contribution in [2.75, 3.05) is 0 Å². The SMILES string of the molecule is Cc1cnc(F)c(/C(CC(c2ccc(Br)cc2)c2ccccc2C)=N\O)c1. The molecule has 0 aliphatic carbocycles. The highest BCUT2D eigenvalue weighted by Crippen LogP contribution is 2.32. The van der Waals surface area contributed by atoms with Crippen molar-refractivity contribution in [1.82, 2.24) is 4.98 Å². The summed E-state index contributed by atoms with van der Waals surface area (Å²) in [6, 6.07) is 17.8. The predicted molar refractivity (Wildman–Crippen MR) is 109 cm³/mol. The van der Waals surface area contributed by atoms with E-state index in [9.17, 15) is 9.60 Å². The van der Waals surface area contributed by atoms with E-state index in [1.165, 1.54) is 6.20 Å². The molecule has 0 aliphatic heterocycles. The van der Waals surface area contributed by atoms with E-state index in [1.54, 1.807) is 6.07 Å². The third-order valence-corrected chi connectivity index (χ3v) is 5.17. The van der Waals surface area contributed by atoms with E-state index in [0.29, 0.717) is 6.42 Å². The van der Waals surface area contributed by atoms with Gasteiger partial charge in [0.1, 0.15) is 0 Å². The lowest BCUT2D eigenvalue weighted by Gasteiger charge is -2.21. The Balaban J connectivity index is 2.06. The number of hydrogen-bond donors (Lipinski definition) is 1. The Morgan fingerprint density at radius 1 is 1.15 bits per heavy atom. The van der Waals surface area contributed by atoms with Gasteiger partial charge in [0, 0.05) is 23.0 Å². The van der Waals surface area contributed by atoms with Gasteiger partial charge in [-0.2, -0.15) is 4.39 Å². The first-order chi connectivity index (χ1) is 13.0.